The number of allylic oxidation sites excluding steroid dienone is 8. The van der Waals surface area contributed by atoms with Crippen molar-refractivity contribution in [3.63, 3.8) is 0 Å². The van der Waals surface area contributed by atoms with Crippen LogP contribution in [0.1, 0.15) is 27.7 Å². The van der Waals surface area contributed by atoms with Gasteiger partial charge in [-0.05, 0) is 0 Å². The van der Waals surface area contributed by atoms with Gasteiger partial charge in [0.05, 0.1) is 0 Å². The Hall–Kier alpha value is 0.254. The van der Waals surface area contributed by atoms with Crippen LogP contribution in [0.4, 0.5) is 0 Å². The third-order valence-corrected chi connectivity index (χ3v) is 2.18. The van der Waals surface area contributed by atoms with E-state index in [0.29, 0.717) is 11.8 Å². The molecule has 2 unspecified atom stereocenters. The van der Waals surface area contributed by atoms with Crippen LogP contribution in [0, 0.1) is 24.0 Å². The Morgan fingerprint density at radius 1 is 0.824 bits per heavy atom. The van der Waals surface area contributed by atoms with Gasteiger partial charge in [-0.1, -0.05) is 39.5 Å². The fraction of sp³-hybridized carbons (Fsp3) is 0.429. The summed E-state index contributed by atoms with van der Waals surface area (Å²) < 4.78 is 0. The molecule has 0 aromatic carbocycles. The van der Waals surface area contributed by atoms with E-state index in [0.717, 1.165) is 0 Å². The fourth-order valence-electron chi connectivity index (χ4n) is 1.49. The summed E-state index contributed by atoms with van der Waals surface area (Å²) >= 11 is 0. The monoisotopic (exact) mass is 304 g/mol. The van der Waals surface area contributed by atoms with Gasteiger partial charge in [0.2, 0.25) is 0 Å². The zero-order chi connectivity index (χ0) is 10.6. The predicted molar refractivity (Wildman–Crippen MR) is 61.5 cm³/mol. The second kappa shape index (κ2) is 11.4. The molecule has 0 aliphatic heterocycles. The van der Waals surface area contributed by atoms with Crippen LogP contribution in [0.2, 0.25) is 0 Å². The number of halogens is 2. The van der Waals surface area contributed by atoms with Crippen molar-refractivity contribution >= 4 is 0 Å². The summed E-state index contributed by atoms with van der Waals surface area (Å²) in [5.41, 5.74) is 2.54. The van der Waals surface area contributed by atoms with Gasteiger partial charge >= 0.3 is 21.7 Å². The molecule has 17 heavy (non-hydrogen) atoms. The molecule has 0 radical (unpaired) electrons. The molecule has 0 nitrogen and oxygen atoms in total. The van der Waals surface area contributed by atoms with E-state index >= 15 is 0 Å². The molecular formula is C14H18Cl2Ti. The van der Waals surface area contributed by atoms with E-state index < -0.39 is 0 Å². The van der Waals surface area contributed by atoms with E-state index in [1.54, 1.807) is 0 Å². The molecule has 0 saturated heterocycles. The third kappa shape index (κ3) is 9.91. The Bertz CT molecular complexity index is 282. The molecule has 2 aliphatic rings. The first-order valence-corrected chi connectivity index (χ1v) is 5.14. The van der Waals surface area contributed by atoms with Gasteiger partial charge in [0, 0.05) is 0 Å². The number of rotatable bonds is 0. The largest absolute Gasteiger partial charge is 4.00 e. The topological polar surface area (TPSA) is 0 Å². The zero-order valence-electron chi connectivity index (χ0n) is 10.7. The van der Waals surface area contributed by atoms with E-state index in [2.05, 4.69) is 64.2 Å². The zero-order valence-corrected chi connectivity index (χ0v) is 13.8. The molecule has 0 spiro atoms. The van der Waals surface area contributed by atoms with Crippen molar-refractivity contribution in [2.75, 3.05) is 0 Å². The molecule has 2 rings (SSSR count). The summed E-state index contributed by atoms with van der Waals surface area (Å²) in [6.45, 7) is 8.40. The van der Waals surface area contributed by atoms with Gasteiger partial charge < -0.3 is 24.8 Å². The van der Waals surface area contributed by atoms with Gasteiger partial charge in [-0.25, -0.2) is 23.3 Å². The van der Waals surface area contributed by atoms with E-state index in [1.807, 2.05) is 0 Å². The van der Waals surface area contributed by atoms with E-state index in [1.165, 1.54) is 11.1 Å². The van der Waals surface area contributed by atoms with Crippen LogP contribution in [0.3, 0.4) is 0 Å². The maximum atomic E-state index is 3.22. The summed E-state index contributed by atoms with van der Waals surface area (Å²) in [6, 6.07) is 0. The van der Waals surface area contributed by atoms with Crippen molar-refractivity contribution < 1.29 is 46.5 Å². The third-order valence-electron chi connectivity index (χ3n) is 2.18. The second-order valence-corrected chi connectivity index (χ2v) is 3.95. The van der Waals surface area contributed by atoms with Gasteiger partial charge in [0.15, 0.2) is 0 Å². The van der Waals surface area contributed by atoms with Crippen LogP contribution in [-0.2, 0) is 21.7 Å². The molecule has 3 heteroatoms. The quantitative estimate of drug-likeness (QED) is 0.355. The minimum Gasteiger partial charge on any atom is -1.00 e. The van der Waals surface area contributed by atoms with Crippen molar-refractivity contribution in [1.29, 1.82) is 0 Å². The van der Waals surface area contributed by atoms with Crippen LogP contribution >= 0.6 is 0 Å². The van der Waals surface area contributed by atoms with Crippen molar-refractivity contribution in [1.82, 2.24) is 0 Å². The Balaban J connectivity index is -0.000000196. The van der Waals surface area contributed by atoms with Crippen molar-refractivity contribution in [2.24, 2.45) is 11.8 Å². The first kappa shape index (κ1) is 22.4. The van der Waals surface area contributed by atoms with Crippen LogP contribution < -0.4 is 24.8 Å². The molecule has 0 bridgehead atoms. The first-order chi connectivity index (χ1) is 6.58. The minimum absolute atomic E-state index is 0. The van der Waals surface area contributed by atoms with E-state index in [-0.39, 0.29) is 46.5 Å². The first-order valence-electron chi connectivity index (χ1n) is 5.14. The van der Waals surface area contributed by atoms with Gasteiger partial charge in [-0.2, -0.15) is 12.2 Å². The summed E-state index contributed by atoms with van der Waals surface area (Å²) in [4.78, 5) is 0. The standard InChI is InChI=1S/2C7H9.2ClH.Ti/c2*1-6-3-4-7(2)5-6;;;/h2*3-4,6H,1-2H3;2*1H;/q2*-1;;;+4/p-2. The summed E-state index contributed by atoms with van der Waals surface area (Å²) in [5.74, 6) is 1.11. The van der Waals surface area contributed by atoms with E-state index in [4.69, 9.17) is 0 Å². The van der Waals surface area contributed by atoms with Gasteiger partial charge in [-0.15, -0.1) is 0 Å². The average Bonchev–Trinajstić information content (AvgIpc) is 2.63. The Morgan fingerprint density at radius 2 is 1.12 bits per heavy atom. The second-order valence-electron chi connectivity index (χ2n) is 3.95. The summed E-state index contributed by atoms with van der Waals surface area (Å²) in [5, 5.41) is 0. The van der Waals surface area contributed by atoms with Crippen molar-refractivity contribution in [3.05, 3.63) is 47.6 Å². The molecule has 0 fully saturated rings. The maximum Gasteiger partial charge on any atom is 4.00 e. The van der Waals surface area contributed by atoms with Crippen molar-refractivity contribution in [3.8, 4) is 0 Å². The Kier molecular flexibility index (Phi) is 15.0. The molecule has 0 saturated carbocycles. The molecule has 0 N–H and O–H groups in total. The molecular weight excluding hydrogens is 287 g/mol. The molecule has 92 valence electrons. The molecule has 0 aromatic rings. The Morgan fingerprint density at radius 3 is 1.18 bits per heavy atom. The van der Waals surface area contributed by atoms with Crippen LogP contribution in [-0.4, -0.2) is 0 Å². The summed E-state index contributed by atoms with van der Waals surface area (Å²) in [7, 11) is 0. The number of hydrogen-bond acceptors (Lipinski definition) is 0. The average molecular weight is 305 g/mol. The molecule has 2 atom stereocenters. The van der Waals surface area contributed by atoms with Gasteiger partial charge in [-0.3, -0.25) is 12.2 Å². The molecule has 0 heterocycles. The molecule has 0 aromatic heterocycles. The number of hydrogen-bond donors (Lipinski definition) is 0. The van der Waals surface area contributed by atoms with Crippen molar-refractivity contribution in [2.45, 2.75) is 27.7 Å². The minimum atomic E-state index is 0. The van der Waals surface area contributed by atoms with Crippen LogP contribution in [0.25, 0.3) is 0 Å². The predicted octanol–water partition coefficient (Wildman–Crippen LogP) is -2.11. The summed E-state index contributed by atoms with van der Waals surface area (Å²) in [6.07, 6.45) is 14.9. The fourth-order valence-corrected chi connectivity index (χ4v) is 1.49. The van der Waals surface area contributed by atoms with Crippen LogP contribution in [0.15, 0.2) is 35.5 Å². The molecule has 2 aliphatic carbocycles. The maximum absolute atomic E-state index is 3.22. The van der Waals surface area contributed by atoms with Gasteiger partial charge in [0.1, 0.15) is 0 Å². The molecule has 0 amide bonds. The Labute approximate surface area is 133 Å². The van der Waals surface area contributed by atoms with Gasteiger partial charge in [0.25, 0.3) is 0 Å². The van der Waals surface area contributed by atoms with E-state index in [9.17, 15) is 0 Å². The SMILES string of the molecule is CC1=[C-]C(C)C=C1.CC1=[C-]C(C)C=C1.[Cl-].[Cl-].[Ti+4]. The smallest absolute Gasteiger partial charge is 1.00 e. The normalized spacial score (nSPS) is 23.3. The van der Waals surface area contributed by atoms with Crippen LogP contribution in [0.5, 0.6) is 0 Å².